The molecule has 0 radical (unpaired) electrons. The second-order valence-electron chi connectivity index (χ2n) is 7.11. The Labute approximate surface area is 153 Å². The first-order valence-electron chi connectivity index (χ1n) is 9.35. The maximum absolute atomic E-state index is 13.3. The van der Waals surface area contributed by atoms with Gasteiger partial charge in [0.05, 0.1) is 5.52 Å². The average Bonchev–Trinajstić information content (AvgIpc) is 3.45. The Bertz CT molecular complexity index is 914. The maximum Gasteiger partial charge on any atom is 0.254 e. The van der Waals surface area contributed by atoms with E-state index in [1.165, 1.54) is 12.8 Å². The molecule has 1 aromatic heterocycles. The number of hydrogen-bond donors (Lipinski definition) is 0. The molecule has 1 saturated carbocycles. The molecule has 3 aromatic rings. The molecule has 1 heterocycles. The lowest BCUT2D eigenvalue weighted by Crippen LogP contribution is -2.39. The van der Waals surface area contributed by atoms with Crippen LogP contribution in [0.25, 0.3) is 11.0 Å². The fourth-order valence-electron chi connectivity index (χ4n) is 3.52. The van der Waals surface area contributed by atoms with Crippen LogP contribution in [0.5, 0.6) is 0 Å². The third-order valence-electron chi connectivity index (χ3n) is 5.31. The van der Waals surface area contributed by atoms with E-state index in [1.807, 2.05) is 52.9 Å². The Balaban J connectivity index is 1.64. The van der Waals surface area contributed by atoms with Crippen molar-refractivity contribution in [2.45, 2.75) is 45.8 Å². The Kier molecular flexibility index (Phi) is 4.45. The van der Waals surface area contributed by atoms with Gasteiger partial charge in [-0.1, -0.05) is 35.5 Å². The summed E-state index contributed by atoms with van der Waals surface area (Å²) in [5.74, 6) is 0.688. The van der Waals surface area contributed by atoms with E-state index < -0.39 is 0 Å². The molecule has 0 N–H and O–H groups in total. The lowest BCUT2D eigenvalue weighted by Gasteiger charge is -2.30. The SMILES string of the molecule is CCn1nnc2cc(C(=O)N(Cc3ccccc3)C(C)C3CC3)ccc21. The quantitative estimate of drug-likeness (QED) is 0.679. The van der Waals surface area contributed by atoms with Crippen LogP contribution in [-0.4, -0.2) is 31.8 Å². The molecule has 26 heavy (non-hydrogen) atoms. The molecule has 0 bridgehead atoms. The highest BCUT2D eigenvalue weighted by Crippen LogP contribution is 2.36. The lowest BCUT2D eigenvalue weighted by molar-refractivity contribution is 0.0654. The van der Waals surface area contributed by atoms with E-state index in [1.54, 1.807) is 0 Å². The van der Waals surface area contributed by atoms with Crippen LogP contribution in [0.4, 0.5) is 0 Å². The van der Waals surface area contributed by atoms with E-state index in [9.17, 15) is 4.79 Å². The number of amides is 1. The van der Waals surface area contributed by atoms with Crippen molar-refractivity contribution in [3.05, 3.63) is 59.7 Å². The van der Waals surface area contributed by atoms with Crippen molar-refractivity contribution < 1.29 is 4.79 Å². The summed E-state index contributed by atoms with van der Waals surface area (Å²) in [5, 5.41) is 8.35. The smallest absolute Gasteiger partial charge is 0.254 e. The second kappa shape index (κ2) is 6.90. The van der Waals surface area contributed by atoms with Crippen LogP contribution >= 0.6 is 0 Å². The van der Waals surface area contributed by atoms with Crippen molar-refractivity contribution in [3.63, 3.8) is 0 Å². The van der Waals surface area contributed by atoms with Gasteiger partial charge in [0.1, 0.15) is 5.52 Å². The first-order valence-corrected chi connectivity index (χ1v) is 9.35. The lowest BCUT2D eigenvalue weighted by atomic mass is 10.1. The van der Waals surface area contributed by atoms with Gasteiger partial charge in [-0.25, -0.2) is 4.68 Å². The third-order valence-corrected chi connectivity index (χ3v) is 5.31. The number of hydrogen-bond acceptors (Lipinski definition) is 3. The van der Waals surface area contributed by atoms with Crippen molar-refractivity contribution in [1.29, 1.82) is 0 Å². The molecule has 1 aliphatic carbocycles. The minimum absolute atomic E-state index is 0.0706. The Hall–Kier alpha value is -2.69. The highest BCUT2D eigenvalue weighted by atomic mass is 16.2. The van der Waals surface area contributed by atoms with Gasteiger partial charge >= 0.3 is 0 Å². The number of aromatic nitrogens is 3. The van der Waals surface area contributed by atoms with Crippen molar-refractivity contribution >= 4 is 16.9 Å². The second-order valence-corrected chi connectivity index (χ2v) is 7.11. The minimum Gasteiger partial charge on any atom is -0.331 e. The van der Waals surface area contributed by atoms with E-state index in [4.69, 9.17) is 0 Å². The summed E-state index contributed by atoms with van der Waals surface area (Å²) in [7, 11) is 0. The van der Waals surface area contributed by atoms with E-state index in [0.29, 0.717) is 18.0 Å². The van der Waals surface area contributed by atoms with Gasteiger partial charge in [0, 0.05) is 24.7 Å². The molecule has 5 heteroatoms. The number of carbonyl (C=O) groups excluding carboxylic acids is 1. The van der Waals surface area contributed by atoms with Gasteiger partial charge in [0.25, 0.3) is 5.91 Å². The number of fused-ring (bicyclic) bond motifs is 1. The molecule has 5 nitrogen and oxygen atoms in total. The van der Waals surface area contributed by atoms with Crippen molar-refractivity contribution in [1.82, 2.24) is 19.9 Å². The van der Waals surface area contributed by atoms with Gasteiger partial charge in [-0.3, -0.25) is 4.79 Å². The Morgan fingerprint density at radius 1 is 1.23 bits per heavy atom. The predicted octanol–water partition coefficient (Wildman–Crippen LogP) is 3.89. The number of nitrogens with zero attached hydrogens (tertiary/aromatic N) is 4. The zero-order valence-corrected chi connectivity index (χ0v) is 15.3. The molecule has 0 aliphatic heterocycles. The van der Waals surface area contributed by atoms with Crippen molar-refractivity contribution in [3.8, 4) is 0 Å². The average molecular weight is 348 g/mol. The highest BCUT2D eigenvalue weighted by Gasteiger charge is 2.34. The number of aryl methyl sites for hydroxylation is 1. The van der Waals surface area contributed by atoms with Crippen LogP contribution in [0, 0.1) is 5.92 Å². The normalized spacial score (nSPS) is 15.2. The molecule has 1 unspecified atom stereocenters. The molecule has 134 valence electrons. The van der Waals surface area contributed by atoms with Crippen LogP contribution in [-0.2, 0) is 13.1 Å². The molecular weight excluding hydrogens is 324 g/mol. The molecular formula is C21H24N4O. The van der Waals surface area contributed by atoms with Gasteiger partial charge in [-0.15, -0.1) is 5.10 Å². The fourth-order valence-corrected chi connectivity index (χ4v) is 3.52. The van der Waals surface area contributed by atoms with Crippen LogP contribution < -0.4 is 0 Å². The van der Waals surface area contributed by atoms with Crippen LogP contribution in [0.3, 0.4) is 0 Å². The van der Waals surface area contributed by atoms with E-state index in [-0.39, 0.29) is 11.9 Å². The highest BCUT2D eigenvalue weighted by molar-refractivity contribution is 5.97. The summed E-state index contributed by atoms with van der Waals surface area (Å²) in [6.45, 7) is 5.61. The minimum atomic E-state index is 0.0706. The summed E-state index contributed by atoms with van der Waals surface area (Å²) < 4.78 is 1.85. The van der Waals surface area contributed by atoms with E-state index in [2.05, 4.69) is 29.4 Å². The van der Waals surface area contributed by atoms with Gasteiger partial charge in [-0.05, 0) is 56.4 Å². The molecule has 1 fully saturated rings. The molecule has 1 atom stereocenters. The fraction of sp³-hybridized carbons (Fsp3) is 0.381. The summed E-state index contributed by atoms with van der Waals surface area (Å²) in [6, 6.07) is 16.2. The zero-order valence-electron chi connectivity index (χ0n) is 15.3. The summed E-state index contributed by atoms with van der Waals surface area (Å²) in [4.78, 5) is 15.3. The van der Waals surface area contributed by atoms with Crippen LogP contribution in [0.1, 0.15) is 42.6 Å². The molecule has 0 spiro atoms. The number of rotatable bonds is 6. The number of benzene rings is 2. The monoisotopic (exact) mass is 348 g/mol. The van der Waals surface area contributed by atoms with Crippen molar-refractivity contribution in [2.24, 2.45) is 5.92 Å². The van der Waals surface area contributed by atoms with Gasteiger partial charge < -0.3 is 4.90 Å². The van der Waals surface area contributed by atoms with E-state index in [0.717, 1.165) is 23.1 Å². The Morgan fingerprint density at radius 2 is 2.00 bits per heavy atom. The standard InChI is InChI=1S/C21H24N4O/c1-3-25-20-12-11-18(13-19(20)22-23-25)21(26)24(15(2)17-9-10-17)14-16-7-5-4-6-8-16/h4-8,11-13,15,17H,3,9-10,14H2,1-2H3. The number of carbonyl (C=O) groups is 1. The third kappa shape index (κ3) is 3.21. The molecule has 1 aliphatic rings. The maximum atomic E-state index is 13.3. The van der Waals surface area contributed by atoms with Crippen LogP contribution in [0.2, 0.25) is 0 Å². The summed E-state index contributed by atoms with van der Waals surface area (Å²) in [5.41, 5.74) is 3.58. The van der Waals surface area contributed by atoms with Gasteiger partial charge in [0.15, 0.2) is 0 Å². The zero-order chi connectivity index (χ0) is 18.1. The van der Waals surface area contributed by atoms with Crippen LogP contribution in [0.15, 0.2) is 48.5 Å². The van der Waals surface area contributed by atoms with E-state index >= 15 is 0 Å². The summed E-state index contributed by atoms with van der Waals surface area (Å²) in [6.07, 6.45) is 2.42. The topological polar surface area (TPSA) is 51.0 Å². The first kappa shape index (κ1) is 16.8. The van der Waals surface area contributed by atoms with Gasteiger partial charge in [-0.2, -0.15) is 0 Å². The van der Waals surface area contributed by atoms with Gasteiger partial charge in [0.2, 0.25) is 0 Å². The summed E-state index contributed by atoms with van der Waals surface area (Å²) >= 11 is 0. The largest absolute Gasteiger partial charge is 0.331 e. The van der Waals surface area contributed by atoms with Crippen molar-refractivity contribution in [2.75, 3.05) is 0 Å². The molecule has 4 rings (SSSR count). The Morgan fingerprint density at radius 3 is 2.69 bits per heavy atom. The molecule has 0 saturated heterocycles. The molecule has 2 aromatic carbocycles. The predicted molar refractivity (Wildman–Crippen MR) is 102 cm³/mol. The molecule has 1 amide bonds. The first-order chi connectivity index (χ1) is 12.7.